The molecule has 0 spiro atoms. The molecule has 308 valence electrons. The van der Waals surface area contributed by atoms with E-state index in [1.807, 2.05) is 54.3 Å². The monoisotopic (exact) mass is 789 g/mol. The Morgan fingerprint density at radius 2 is 1.69 bits per heavy atom. The number of carbonyl (C=O) groups is 3. The van der Waals surface area contributed by atoms with Crippen molar-refractivity contribution in [3.63, 3.8) is 0 Å². The van der Waals surface area contributed by atoms with Gasteiger partial charge in [0.2, 0.25) is 17.6 Å². The van der Waals surface area contributed by atoms with Crippen molar-refractivity contribution in [1.82, 2.24) is 15.5 Å². The molecule has 13 nitrogen and oxygen atoms in total. The minimum Gasteiger partial charge on any atom is -0.432 e. The predicted molar refractivity (Wildman–Crippen MR) is 211 cm³/mol. The van der Waals surface area contributed by atoms with Crippen LogP contribution in [0.2, 0.25) is 0 Å². The Kier molecular flexibility index (Phi) is 17.3. The molecule has 2 aromatic carbocycles. The number of fused-ring (bicyclic) bond motifs is 1. The molecule has 2 amide bonds. The number of hydrogen-bond donors (Lipinski definition) is 4. The molecule has 0 radical (unpaired) electrons. The lowest BCUT2D eigenvalue weighted by Crippen LogP contribution is -2.57. The molecule has 1 saturated carbocycles. The third kappa shape index (κ3) is 14.1. The van der Waals surface area contributed by atoms with Gasteiger partial charge in [0.05, 0.1) is 37.0 Å². The van der Waals surface area contributed by atoms with Crippen molar-refractivity contribution < 1.29 is 47.2 Å². The van der Waals surface area contributed by atoms with Crippen LogP contribution >= 0.6 is 0 Å². The van der Waals surface area contributed by atoms with Crippen LogP contribution in [-0.4, -0.2) is 123 Å². The van der Waals surface area contributed by atoms with Gasteiger partial charge >= 0.3 is 5.97 Å². The highest BCUT2D eigenvalue weighted by Crippen LogP contribution is 2.29. The van der Waals surface area contributed by atoms with Crippen molar-refractivity contribution in [3.05, 3.63) is 48.0 Å². The summed E-state index contributed by atoms with van der Waals surface area (Å²) >= 11 is 0. The van der Waals surface area contributed by atoms with Crippen LogP contribution in [0.5, 0.6) is 0 Å². The molecular formula is C41H63N3O10S. The van der Waals surface area contributed by atoms with Gasteiger partial charge in [0.15, 0.2) is 9.84 Å². The lowest BCUT2D eigenvalue weighted by Gasteiger charge is -2.35. The fourth-order valence-corrected chi connectivity index (χ4v) is 9.88. The first kappa shape index (κ1) is 44.6. The summed E-state index contributed by atoms with van der Waals surface area (Å²) in [4.78, 5) is 42.4. The molecule has 2 aromatic rings. The summed E-state index contributed by atoms with van der Waals surface area (Å²) in [5, 5.41) is 30.5. The number of nitrogens with one attached hydrogen (secondary N) is 2. The maximum Gasteiger partial charge on any atom is 0.305 e. The number of morpholine rings is 1. The Hall–Kier alpha value is -3.14. The minimum atomic E-state index is -4.09. The van der Waals surface area contributed by atoms with Crippen LogP contribution in [0.1, 0.15) is 84.1 Å². The Labute approximate surface area is 326 Å². The zero-order chi connectivity index (χ0) is 40.0. The number of sulfone groups is 1. The smallest absolute Gasteiger partial charge is 0.305 e. The number of β-amino-alcohol motifs (C(OH)–C–C–N with tert-alkyl or cyclic N) is 1. The molecule has 1 unspecified atom stereocenters. The maximum atomic E-state index is 14.3. The van der Waals surface area contributed by atoms with Crippen LogP contribution in [0, 0.1) is 11.8 Å². The molecule has 0 aromatic heterocycles. The highest BCUT2D eigenvalue weighted by atomic mass is 32.2. The SMILES string of the molecule is CCCC[C@H](NC(=O)[C@H](Cc1cccc2ccccc12)CS(=O)(=O)CC(C)(OC)OC(C)=O)C(=O)N[C@@H](CC1CCCCC1)[C@@H](O)[C@@H](O)CN1CCOCC1. The number of amides is 2. The first-order valence-electron chi connectivity index (χ1n) is 19.9. The first-order chi connectivity index (χ1) is 26.2. The quantitative estimate of drug-likeness (QED) is 0.107. The molecule has 2 aliphatic rings. The van der Waals surface area contributed by atoms with E-state index < -0.39 is 75.1 Å². The van der Waals surface area contributed by atoms with Gasteiger partial charge < -0.3 is 35.1 Å². The normalized spacial score (nSPS) is 19.7. The molecule has 6 atom stereocenters. The van der Waals surface area contributed by atoms with Crippen LogP contribution < -0.4 is 10.6 Å². The molecule has 14 heteroatoms. The summed E-state index contributed by atoms with van der Waals surface area (Å²) in [6.45, 7) is 7.09. The summed E-state index contributed by atoms with van der Waals surface area (Å²) in [7, 11) is -2.85. The van der Waals surface area contributed by atoms with Crippen LogP contribution in [0.3, 0.4) is 0 Å². The molecule has 4 N–H and O–H groups in total. The van der Waals surface area contributed by atoms with E-state index in [2.05, 4.69) is 10.6 Å². The van der Waals surface area contributed by atoms with Crippen LogP contribution in [0.15, 0.2) is 42.5 Å². The van der Waals surface area contributed by atoms with Gasteiger partial charge in [0.25, 0.3) is 0 Å². The van der Waals surface area contributed by atoms with E-state index in [1.165, 1.54) is 14.0 Å². The Morgan fingerprint density at radius 1 is 1.00 bits per heavy atom. The number of unbranched alkanes of at least 4 members (excludes halogenated alkanes) is 1. The van der Waals surface area contributed by atoms with Gasteiger partial charge in [-0.25, -0.2) is 8.42 Å². The van der Waals surface area contributed by atoms with Crippen LogP contribution in [0.25, 0.3) is 10.8 Å². The molecule has 1 heterocycles. The number of hydrogen-bond acceptors (Lipinski definition) is 11. The summed E-state index contributed by atoms with van der Waals surface area (Å²) in [5.74, 6) is -5.71. The molecule has 4 rings (SSSR count). The van der Waals surface area contributed by atoms with Crippen molar-refractivity contribution in [3.8, 4) is 0 Å². The number of nitrogens with zero attached hydrogens (tertiary/aromatic N) is 1. The van der Waals surface area contributed by atoms with Crippen molar-refractivity contribution in [2.45, 2.75) is 115 Å². The number of aliphatic hydroxyl groups excluding tert-OH is 2. The zero-order valence-corrected chi connectivity index (χ0v) is 33.9. The lowest BCUT2D eigenvalue weighted by atomic mass is 9.83. The highest BCUT2D eigenvalue weighted by molar-refractivity contribution is 7.91. The molecule has 1 aliphatic carbocycles. The lowest BCUT2D eigenvalue weighted by molar-refractivity contribution is -0.201. The molecule has 55 heavy (non-hydrogen) atoms. The number of benzene rings is 2. The number of methoxy groups -OCH3 is 1. The molecule has 1 saturated heterocycles. The Balaban J connectivity index is 1.59. The van der Waals surface area contributed by atoms with E-state index in [-0.39, 0.29) is 18.9 Å². The average Bonchev–Trinajstić information content (AvgIpc) is 3.15. The molecular weight excluding hydrogens is 727 g/mol. The summed E-state index contributed by atoms with van der Waals surface area (Å²) in [5.41, 5.74) is 0.766. The highest BCUT2D eigenvalue weighted by Gasteiger charge is 2.38. The van der Waals surface area contributed by atoms with E-state index in [1.54, 1.807) is 0 Å². The molecule has 1 aliphatic heterocycles. The third-order valence-corrected chi connectivity index (χ3v) is 12.8. The summed E-state index contributed by atoms with van der Waals surface area (Å²) in [6, 6.07) is 11.5. The van der Waals surface area contributed by atoms with Crippen LogP contribution in [-0.2, 0) is 44.9 Å². The van der Waals surface area contributed by atoms with E-state index in [4.69, 9.17) is 14.2 Å². The minimum absolute atomic E-state index is 0.0581. The third-order valence-electron chi connectivity index (χ3n) is 10.9. The van der Waals surface area contributed by atoms with E-state index in [0.29, 0.717) is 45.6 Å². The van der Waals surface area contributed by atoms with E-state index >= 15 is 0 Å². The average molecular weight is 790 g/mol. The number of aliphatic hydroxyl groups is 2. The number of esters is 1. The fraction of sp³-hybridized carbons (Fsp3) is 0.683. The van der Waals surface area contributed by atoms with Crippen molar-refractivity contribution >= 4 is 38.4 Å². The fourth-order valence-electron chi connectivity index (χ4n) is 7.90. The van der Waals surface area contributed by atoms with Gasteiger partial charge in [-0.2, -0.15) is 0 Å². The Morgan fingerprint density at radius 3 is 2.36 bits per heavy atom. The van der Waals surface area contributed by atoms with Gasteiger partial charge in [0.1, 0.15) is 17.9 Å². The maximum absolute atomic E-state index is 14.3. The number of ether oxygens (including phenoxy) is 3. The molecule has 0 bridgehead atoms. The topological polar surface area (TPSA) is 181 Å². The number of carbonyl (C=O) groups excluding carboxylic acids is 3. The van der Waals surface area contributed by atoms with Gasteiger partial charge in [0, 0.05) is 40.6 Å². The number of rotatable bonds is 21. The summed E-state index contributed by atoms with van der Waals surface area (Å²) < 4.78 is 43.5. The van der Waals surface area contributed by atoms with E-state index in [9.17, 15) is 33.0 Å². The van der Waals surface area contributed by atoms with Gasteiger partial charge in [-0.3, -0.25) is 19.3 Å². The van der Waals surface area contributed by atoms with Gasteiger partial charge in [-0.05, 0) is 41.5 Å². The largest absolute Gasteiger partial charge is 0.432 e. The predicted octanol–water partition coefficient (Wildman–Crippen LogP) is 3.52. The second kappa shape index (κ2) is 21.4. The molecule has 2 fully saturated rings. The van der Waals surface area contributed by atoms with Crippen molar-refractivity contribution in [1.29, 1.82) is 0 Å². The standard InChI is InChI=1S/C41H63N3O10S/c1-5-6-19-35(40(49)43-36(24-30-13-8-7-9-14-30)38(47)37(46)26-44-20-22-53-23-21-44)42-39(48)33(25-32-17-12-16-31-15-10-11-18-34(31)32)27-55(50,51)28-41(3,52-4)54-29(2)45/h10-12,15-18,30,33,35-38,46-47H,5-9,13-14,19-28H2,1-4H3,(H,42,48)(H,43,49)/t33-,35+,36+,37+,38-,41?/m1/s1. The first-order valence-corrected chi connectivity index (χ1v) is 21.7. The van der Waals surface area contributed by atoms with Crippen LogP contribution in [0.4, 0.5) is 0 Å². The second-order valence-corrected chi connectivity index (χ2v) is 17.7. The zero-order valence-electron chi connectivity index (χ0n) is 33.0. The Bertz CT molecular complexity index is 1640. The van der Waals surface area contributed by atoms with Gasteiger partial charge in [-0.15, -0.1) is 0 Å². The van der Waals surface area contributed by atoms with Crippen molar-refractivity contribution in [2.75, 3.05) is 51.5 Å². The summed E-state index contributed by atoms with van der Waals surface area (Å²) in [6.07, 6.45) is 5.05. The van der Waals surface area contributed by atoms with Crippen molar-refractivity contribution in [2.24, 2.45) is 11.8 Å². The van der Waals surface area contributed by atoms with E-state index in [0.717, 1.165) is 61.8 Å². The van der Waals surface area contributed by atoms with Gasteiger partial charge in [-0.1, -0.05) is 94.3 Å². The second-order valence-electron chi connectivity index (χ2n) is 15.6.